The molecule has 0 saturated heterocycles. The molecule has 0 aliphatic carbocycles. The molecule has 0 spiro atoms. The summed E-state index contributed by atoms with van der Waals surface area (Å²) in [4.78, 5) is 1.01. The van der Waals surface area contributed by atoms with Crippen molar-refractivity contribution in [2.24, 2.45) is 7.05 Å². The van der Waals surface area contributed by atoms with Gasteiger partial charge in [0.15, 0.2) is 0 Å². The van der Waals surface area contributed by atoms with Gasteiger partial charge in [-0.1, -0.05) is 6.92 Å². The van der Waals surface area contributed by atoms with Crippen molar-refractivity contribution < 1.29 is 5.11 Å². The molecule has 1 N–H and O–H groups in total. The van der Waals surface area contributed by atoms with Crippen molar-refractivity contribution in [2.75, 3.05) is 0 Å². The maximum Gasteiger partial charge on any atom is 0.132 e. The van der Waals surface area contributed by atoms with Crippen molar-refractivity contribution in [1.29, 1.82) is 0 Å². The molecule has 0 saturated carbocycles. The van der Waals surface area contributed by atoms with Crippen molar-refractivity contribution in [3.05, 3.63) is 39.8 Å². The lowest BCUT2D eigenvalue weighted by atomic mass is 10.1. The van der Waals surface area contributed by atoms with E-state index in [2.05, 4.69) is 18.1 Å². The molecule has 15 heavy (non-hydrogen) atoms. The zero-order chi connectivity index (χ0) is 10.8. The summed E-state index contributed by atoms with van der Waals surface area (Å²) in [5.41, 5.74) is 1.92. The molecular weight excluding hydrogens is 208 g/mol. The maximum atomic E-state index is 10.1. The summed E-state index contributed by atoms with van der Waals surface area (Å²) in [6.45, 7) is 2.09. The van der Waals surface area contributed by atoms with Crippen LogP contribution in [0.5, 0.6) is 0 Å². The smallest absolute Gasteiger partial charge is 0.132 e. The van der Waals surface area contributed by atoms with Crippen LogP contribution in [-0.2, 0) is 13.5 Å². The molecule has 2 rings (SSSR count). The number of aliphatic hydroxyl groups excluding tert-OH is 1. The Labute approximate surface area is 93.0 Å². The van der Waals surface area contributed by atoms with Crippen molar-refractivity contribution in [3.63, 3.8) is 0 Å². The average Bonchev–Trinajstić information content (AvgIpc) is 2.84. The average molecular weight is 222 g/mol. The van der Waals surface area contributed by atoms with Crippen LogP contribution < -0.4 is 0 Å². The topological polar surface area (TPSA) is 38.0 Å². The molecule has 0 fully saturated rings. The standard InChI is InChI=1S/C11H14N2OS/c1-3-8-5-7-15-11(8)10(14)9-4-6-13(2)12-9/h4-7,10,14H,3H2,1-2H3. The third-order valence-corrected chi connectivity index (χ3v) is 3.44. The summed E-state index contributed by atoms with van der Waals surface area (Å²) < 4.78 is 1.71. The molecule has 80 valence electrons. The number of aromatic nitrogens is 2. The number of nitrogens with zero attached hydrogens (tertiary/aromatic N) is 2. The van der Waals surface area contributed by atoms with E-state index in [0.29, 0.717) is 0 Å². The zero-order valence-corrected chi connectivity index (χ0v) is 9.66. The quantitative estimate of drug-likeness (QED) is 0.864. The van der Waals surface area contributed by atoms with E-state index in [1.807, 2.05) is 24.7 Å². The zero-order valence-electron chi connectivity index (χ0n) is 8.84. The third kappa shape index (κ3) is 1.96. The van der Waals surface area contributed by atoms with E-state index in [9.17, 15) is 5.11 Å². The van der Waals surface area contributed by atoms with Crippen molar-refractivity contribution in [1.82, 2.24) is 9.78 Å². The molecule has 2 aromatic rings. The molecule has 1 atom stereocenters. The van der Waals surface area contributed by atoms with E-state index in [0.717, 1.165) is 17.0 Å². The number of aryl methyl sites for hydroxylation is 2. The van der Waals surface area contributed by atoms with Gasteiger partial charge >= 0.3 is 0 Å². The van der Waals surface area contributed by atoms with Crippen LogP contribution in [-0.4, -0.2) is 14.9 Å². The van der Waals surface area contributed by atoms with Crippen LogP contribution in [0.15, 0.2) is 23.7 Å². The highest BCUT2D eigenvalue weighted by Crippen LogP contribution is 2.28. The number of aliphatic hydroxyl groups is 1. The fraction of sp³-hybridized carbons (Fsp3) is 0.364. The summed E-state index contributed by atoms with van der Waals surface area (Å²) in [5.74, 6) is 0. The predicted octanol–water partition coefficient (Wildman–Crippen LogP) is 2.13. The highest BCUT2D eigenvalue weighted by atomic mass is 32.1. The van der Waals surface area contributed by atoms with Crippen molar-refractivity contribution in [2.45, 2.75) is 19.4 Å². The van der Waals surface area contributed by atoms with Gasteiger partial charge in [-0.3, -0.25) is 4.68 Å². The fourth-order valence-electron chi connectivity index (χ4n) is 1.59. The van der Waals surface area contributed by atoms with Gasteiger partial charge in [-0.15, -0.1) is 11.3 Å². The number of rotatable bonds is 3. The molecule has 0 amide bonds. The van der Waals surface area contributed by atoms with Crippen molar-refractivity contribution in [3.8, 4) is 0 Å². The van der Waals surface area contributed by atoms with Gasteiger partial charge in [0.25, 0.3) is 0 Å². The Morgan fingerprint density at radius 1 is 1.53 bits per heavy atom. The van der Waals surface area contributed by atoms with E-state index in [-0.39, 0.29) is 0 Å². The van der Waals surface area contributed by atoms with E-state index in [1.165, 1.54) is 5.56 Å². The van der Waals surface area contributed by atoms with Gasteiger partial charge in [0.05, 0.1) is 5.69 Å². The largest absolute Gasteiger partial charge is 0.381 e. The minimum absolute atomic E-state index is 0.582. The van der Waals surface area contributed by atoms with Crippen LogP contribution in [0, 0.1) is 0 Å². The summed E-state index contributed by atoms with van der Waals surface area (Å²) in [7, 11) is 1.85. The van der Waals surface area contributed by atoms with Gasteiger partial charge in [-0.05, 0) is 29.5 Å². The molecule has 2 heterocycles. The van der Waals surface area contributed by atoms with Crippen LogP contribution in [0.25, 0.3) is 0 Å². The Hall–Kier alpha value is -1.13. The normalized spacial score (nSPS) is 13.0. The number of hydrogen-bond acceptors (Lipinski definition) is 3. The molecule has 0 aromatic carbocycles. The summed E-state index contributed by atoms with van der Waals surface area (Å²) in [6, 6.07) is 3.91. The molecular formula is C11H14N2OS. The Bertz CT molecular complexity index is 447. The first-order valence-electron chi connectivity index (χ1n) is 4.96. The van der Waals surface area contributed by atoms with Gasteiger partial charge in [-0.25, -0.2) is 0 Å². The predicted molar refractivity (Wildman–Crippen MR) is 61.0 cm³/mol. The van der Waals surface area contributed by atoms with Crippen LogP contribution >= 0.6 is 11.3 Å². The second kappa shape index (κ2) is 4.16. The first-order chi connectivity index (χ1) is 7.22. The molecule has 0 bridgehead atoms. The molecule has 0 radical (unpaired) electrons. The molecule has 4 heteroatoms. The van der Waals surface area contributed by atoms with Gasteiger partial charge < -0.3 is 5.11 Å². The molecule has 0 aliphatic heterocycles. The Kier molecular flexibility index (Phi) is 2.88. The highest BCUT2D eigenvalue weighted by molar-refractivity contribution is 7.10. The van der Waals surface area contributed by atoms with E-state index in [1.54, 1.807) is 16.0 Å². The summed E-state index contributed by atoms with van der Waals surface area (Å²) in [5, 5.41) is 16.4. The second-order valence-electron chi connectivity index (χ2n) is 3.48. The van der Waals surface area contributed by atoms with Gasteiger partial charge in [0.2, 0.25) is 0 Å². The van der Waals surface area contributed by atoms with Gasteiger partial charge in [0, 0.05) is 18.1 Å². The SMILES string of the molecule is CCc1ccsc1C(O)c1ccn(C)n1. The first kappa shape index (κ1) is 10.4. The number of thiophene rings is 1. The maximum absolute atomic E-state index is 10.1. The lowest BCUT2D eigenvalue weighted by molar-refractivity contribution is 0.217. The Morgan fingerprint density at radius 2 is 2.33 bits per heavy atom. The molecule has 1 unspecified atom stereocenters. The van der Waals surface area contributed by atoms with Crippen molar-refractivity contribution >= 4 is 11.3 Å². The third-order valence-electron chi connectivity index (χ3n) is 2.42. The molecule has 0 aliphatic rings. The minimum Gasteiger partial charge on any atom is -0.381 e. The molecule has 3 nitrogen and oxygen atoms in total. The molecule has 2 aromatic heterocycles. The fourth-order valence-corrected chi connectivity index (χ4v) is 2.58. The lowest BCUT2D eigenvalue weighted by Crippen LogP contribution is -2.02. The Morgan fingerprint density at radius 3 is 2.93 bits per heavy atom. The van der Waals surface area contributed by atoms with Crippen LogP contribution in [0.1, 0.15) is 29.2 Å². The van der Waals surface area contributed by atoms with Crippen LogP contribution in [0.3, 0.4) is 0 Å². The van der Waals surface area contributed by atoms with Crippen LogP contribution in [0.4, 0.5) is 0 Å². The number of hydrogen-bond donors (Lipinski definition) is 1. The van der Waals surface area contributed by atoms with E-state index < -0.39 is 6.10 Å². The highest BCUT2D eigenvalue weighted by Gasteiger charge is 2.17. The Balaban J connectivity index is 2.31. The summed E-state index contributed by atoms with van der Waals surface area (Å²) in [6.07, 6.45) is 2.21. The van der Waals surface area contributed by atoms with Gasteiger partial charge in [0.1, 0.15) is 6.10 Å². The monoisotopic (exact) mass is 222 g/mol. The second-order valence-corrected chi connectivity index (χ2v) is 4.43. The van der Waals surface area contributed by atoms with E-state index in [4.69, 9.17) is 0 Å². The van der Waals surface area contributed by atoms with Gasteiger partial charge in [-0.2, -0.15) is 5.10 Å². The van der Waals surface area contributed by atoms with Crippen LogP contribution in [0.2, 0.25) is 0 Å². The summed E-state index contributed by atoms with van der Waals surface area (Å²) >= 11 is 1.59. The van der Waals surface area contributed by atoms with E-state index >= 15 is 0 Å². The first-order valence-corrected chi connectivity index (χ1v) is 5.84. The minimum atomic E-state index is -0.582. The lowest BCUT2D eigenvalue weighted by Gasteiger charge is -2.07.